The zero-order valence-corrected chi connectivity index (χ0v) is 6.71. The molecule has 0 aromatic rings. The van der Waals surface area contributed by atoms with Crippen LogP contribution in [-0.4, -0.2) is 28.4 Å². The molecule has 0 bridgehead atoms. The predicted octanol–water partition coefficient (Wildman–Crippen LogP) is 1.10. The van der Waals surface area contributed by atoms with Gasteiger partial charge in [-0.3, -0.25) is 4.79 Å². The van der Waals surface area contributed by atoms with Gasteiger partial charge in [0.2, 0.25) is 5.12 Å². The summed E-state index contributed by atoms with van der Waals surface area (Å²) in [6, 6.07) is -0.0448. The van der Waals surface area contributed by atoms with Crippen LogP contribution in [0.4, 0.5) is 0 Å². The summed E-state index contributed by atoms with van der Waals surface area (Å²) < 4.78 is 1.46. The molecule has 1 atom stereocenters. The van der Waals surface area contributed by atoms with Gasteiger partial charge in [0.15, 0.2) is 0 Å². The first-order valence-electron chi connectivity index (χ1n) is 2.77. The van der Waals surface area contributed by atoms with Crippen LogP contribution in [0.25, 0.3) is 0 Å². The predicted molar refractivity (Wildman–Crippen MR) is 39.5 cm³/mol. The average Bonchev–Trinajstić information content (AvgIpc) is 2.13. The molecule has 1 saturated heterocycles. The number of hydrogen-bond acceptors (Lipinski definition) is 3. The Labute approximate surface area is 63.7 Å². The largest absolute Gasteiger partial charge is 0.285 e. The fourth-order valence-corrected chi connectivity index (χ4v) is 2.06. The van der Waals surface area contributed by atoms with E-state index in [1.807, 2.05) is 0 Å². The maximum Gasteiger partial charge on any atom is 0.207 e. The Balaban J connectivity index is 2.49. The van der Waals surface area contributed by atoms with E-state index in [9.17, 15) is 4.79 Å². The SMILES string of the molecule is CN(Cl)[C@H]1CCSC1=O. The van der Waals surface area contributed by atoms with Crippen molar-refractivity contribution in [2.45, 2.75) is 12.5 Å². The molecular weight excluding hydrogens is 158 g/mol. The van der Waals surface area contributed by atoms with Crippen LogP contribution in [-0.2, 0) is 4.79 Å². The zero-order valence-electron chi connectivity index (χ0n) is 5.13. The summed E-state index contributed by atoms with van der Waals surface area (Å²) in [5.74, 6) is 0.917. The summed E-state index contributed by atoms with van der Waals surface area (Å²) in [5, 5.41) is 0.201. The molecule has 0 saturated carbocycles. The third kappa shape index (κ3) is 1.60. The van der Waals surface area contributed by atoms with E-state index >= 15 is 0 Å². The normalized spacial score (nSPS) is 27.9. The highest BCUT2D eigenvalue weighted by Crippen LogP contribution is 2.23. The smallest absolute Gasteiger partial charge is 0.207 e. The number of carbonyl (C=O) groups excluding carboxylic acids is 1. The van der Waals surface area contributed by atoms with Crippen molar-refractivity contribution in [1.29, 1.82) is 0 Å². The quantitative estimate of drug-likeness (QED) is 0.543. The van der Waals surface area contributed by atoms with Crippen molar-refractivity contribution in [3.05, 3.63) is 0 Å². The number of hydrogen-bond donors (Lipinski definition) is 0. The molecule has 0 spiro atoms. The van der Waals surface area contributed by atoms with Crippen molar-refractivity contribution in [1.82, 2.24) is 4.42 Å². The van der Waals surface area contributed by atoms with Gasteiger partial charge in [0.05, 0.1) is 6.04 Å². The molecule has 1 rings (SSSR count). The lowest BCUT2D eigenvalue weighted by Crippen LogP contribution is -2.26. The standard InChI is InChI=1S/C5H8ClNOS/c1-7(6)4-2-3-9-5(4)8/h4H,2-3H2,1H3/t4-/m0/s1. The number of halogens is 1. The summed E-state index contributed by atoms with van der Waals surface area (Å²) in [5.41, 5.74) is 0. The molecule has 0 N–H and O–H groups in total. The Morgan fingerprint density at radius 1 is 1.89 bits per heavy atom. The number of nitrogens with zero attached hydrogens (tertiary/aromatic N) is 1. The highest BCUT2D eigenvalue weighted by Gasteiger charge is 2.27. The highest BCUT2D eigenvalue weighted by atomic mass is 35.5. The van der Waals surface area contributed by atoms with E-state index in [0.717, 1.165) is 12.2 Å². The number of thioether (sulfide) groups is 1. The maximum absolute atomic E-state index is 10.9. The van der Waals surface area contributed by atoms with Gasteiger partial charge in [-0.1, -0.05) is 11.8 Å². The molecule has 9 heavy (non-hydrogen) atoms. The van der Waals surface area contributed by atoms with Gasteiger partial charge in [0, 0.05) is 12.8 Å². The van der Waals surface area contributed by atoms with Gasteiger partial charge in [-0.15, -0.1) is 0 Å². The van der Waals surface area contributed by atoms with Crippen molar-refractivity contribution in [3.8, 4) is 0 Å². The van der Waals surface area contributed by atoms with Crippen LogP contribution in [0.1, 0.15) is 6.42 Å². The minimum atomic E-state index is -0.0448. The molecule has 4 heteroatoms. The lowest BCUT2D eigenvalue weighted by Gasteiger charge is -2.11. The number of carbonyl (C=O) groups is 1. The van der Waals surface area contributed by atoms with Gasteiger partial charge in [-0.05, 0) is 18.2 Å². The van der Waals surface area contributed by atoms with Crippen molar-refractivity contribution in [3.63, 3.8) is 0 Å². The lowest BCUT2D eigenvalue weighted by atomic mass is 10.3. The molecule has 1 fully saturated rings. The third-order valence-electron chi connectivity index (χ3n) is 1.34. The Kier molecular flexibility index (Phi) is 2.38. The van der Waals surface area contributed by atoms with Gasteiger partial charge < -0.3 is 0 Å². The van der Waals surface area contributed by atoms with Crippen molar-refractivity contribution >= 4 is 28.7 Å². The Morgan fingerprint density at radius 2 is 2.56 bits per heavy atom. The average molecular weight is 166 g/mol. The molecule has 0 unspecified atom stereocenters. The molecule has 1 aliphatic rings. The van der Waals surface area contributed by atoms with Crippen LogP contribution in [0.2, 0.25) is 0 Å². The van der Waals surface area contributed by atoms with E-state index in [4.69, 9.17) is 11.8 Å². The Morgan fingerprint density at radius 3 is 2.78 bits per heavy atom. The van der Waals surface area contributed by atoms with Gasteiger partial charge in [0.1, 0.15) is 0 Å². The second-order valence-electron chi connectivity index (χ2n) is 2.00. The molecular formula is C5H8ClNOS. The summed E-state index contributed by atoms with van der Waals surface area (Å²) in [6.45, 7) is 0. The fraction of sp³-hybridized carbons (Fsp3) is 0.800. The zero-order chi connectivity index (χ0) is 6.85. The minimum absolute atomic E-state index is 0.0448. The molecule has 0 aromatic carbocycles. The summed E-state index contributed by atoms with van der Waals surface area (Å²) in [4.78, 5) is 10.9. The topological polar surface area (TPSA) is 20.3 Å². The van der Waals surface area contributed by atoms with Gasteiger partial charge >= 0.3 is 0 Å². The van der Waals surface area contributed by atoms with Crippen LogP contribution in [0.5, 0.6) is 0 Å². The van der Waals surface area contributed by atoms with Gasteiger partial charge in [-0.2, -0.15) is 0 Å². The summed E-state index contributed by atoms with van der Waals surface area (Å²) >= 11 is 6.95. The Hall–Kier alpha value is 0.270. The van der Waals surface area contributed by atoms with Crippen LogP contribution in [0.3, 0.4) is 0 Å². The van der Waals surface area contributed by atoms with E-state index in [2.05, 4.69) is 0 Å². The first-order valence-corrected chi connectivity index (χ1v) is 4.09. The monoisotopic (exact) mass is 165 g/mol. The van der Waals surface area contributed by atoms with Gasteiger partial charge in [-0.25, -0.2) is 4.42 Å². The Bertz CT molecular complexity index is 128. The molecule has 1 aliphatic heterocycles. The molecule has 0 aromatic heterocycles. The lowest BCUT2D eigenvalue weighted by molar-refractivity contribution is -0.113. The fourth-order valence-electron chi connectivity index (χ4n) is 0.808. The third-order valence-corrected chi connectivity index (χ3v) is 2.57. The molecule has 0 radical (unpaired) electrons. The molecule has 52 valence electrons. The van der Waals surface area contributed by atoms with Crippen LogP contribution < -0.4 is 0 Å². The molecule has 0 amide bonds. The molecule has 0 aliphatic carbocycles. The van der Waals surface area contributed by atoms with E-state index in [1.165, 1.54) is 16.2 Å². The molecule has 2 nitrogen and oxygen atoms in total. The molecule has 1 heterocycles. The van der Waals surface area contributed by atoms with Crippen molar-refractivity contribution in [2.24, 2.45) is 0 Å². The van der Waals surface area contributed by atoms with E-state index < -0.39 is 0 Å². The van der Waals surface area contributed by atoms with E-state index in [0.29, 0.717) is 0 Å². The van der Waals surface area contributed by atoms with E-state index in [-0.39, 0.29) is 11.2 Å². The highest BCUT2D eigenvalue weighted by molar-refractivity contribution is 8.14. The number of likely N-dealkylation sites (N-methyl/N-ethyl adjacent to an activating group) is 1. The maximum atomic E-state index is 10.9. The summed E-state index contributed by atoms with van der Waals surface area (Å²) in [7, 11) is 1.72. The second-order valence-corrected chi connectivity index (χ2v) is 3.63. The second kappa shape index (κ2) is 2.90. The van der Waals surface area contributed by atoms with Crippen LogP contribution in [0.15, 0.2) is 0 Å². The first-order chi connectivity index (χ1) is 4.22. The first kappa shape index (κ1) is 7.38. The van der Waals surface area contributed by atoms with E-state index in [1.54, 1.807) is 7.05 Å². The van der Waals surface area contributed by atoms with Crippen molar-refractivity contribution < 1.29 is 4.79 Å². The summed E-state index contributed by atoms with van der Waals surface area (Å²) in [6.07, 6.45) is 0.892. The minimum Gasteiger partial charge on any atom is -0.285 e. The van der Waals surface area contributed by atoms with Crippen molar-refractivity contribution in [2.75, 3.05) is 12.8 Å². The van der Waals surface area contributed by atoms with Crippen LogP contribution in [0, 0.1) is 0 Å². The van der Waals surface area contributed by atoms with Gasteiger partial charge in [0.25, 0.3) is 0 Å². The van der Waals surface area contributed by atoms with Crippen LogP contribution >= 0.6 is 23.5 Å². The number of rotatable bonds is 1.